The third-order valence-corrected chi connectivity index (χ3v) is 2.81. The van der Waals surface area contributed by atoms with Crippen molar-refractivity contribution in [2.45, 2.75) is 18.4 Å². The Balaban J connectivity index is 2.05. The Morgan fingerprint density at radius 3 is 2.94 bits per heavy atom. The van der Waals surface area contributed by atoms with Gasteiger partial charge < -0.3 is 21.1 Å². The maximum Gasteiger partial charge on any atom is 0.329 e. The summed E-state index contributed by atoms with van der Waals surface area (Å²) in [7, 11) is 0. The van der Waals surface area contributed by atoms with Gasteiger partial charge in [-0.2, -0.15) is 9.97 Å². The van der Waals surface area contributed by atoms with Crippen molar-refractivity contribution in [1.82, 2.24) is 19.9 Å². The van der Waals surface area contributed by atoms with Crippen molar-refractivity contribution >= 4 is 28.9 Å². The number of nitrogen functional groups attached to an aromatic ring is 1. The van der Waals surface area contributed by atoms with Gasteiger partial charge in [-0.05, 0) is 12.8 Å². The van der Waals surface area contributed by atoms with Gasteiger partial charge in [-0.25, -0.2) is 9.78 Å². The zero-order chi connectivity index (χ0) is 12.0. The molecule has 1 aliphatic rings. The van der Waals surface area contributed by atoms with Gasteiger partial charge in [-0.3, -0.25) is 0 Å². The molecule has 17 heavy (non-hydrogen) atoms. The van der Waals surface area contributed by atoms with E-state index in [0.29, 0.717) is 29.8 Å². The van der Waals surface area contributed by atoms with Crippen molar-refractivity contribution < 1.29 is 9.90 Å². The molecule has 0 amide bonds. The third kappa shape index (κ3) is 1.45. The fraction of sp³-hybridized carbons (Fsp3) is 0.333. The number of fused-ring (bicyclic) bond motifs is 1. The summed E-state index contributed by atoms with van der Waals surface area (Å²) in [6, 6.07) is 0. The molecule has 2 heterocycles. The molecule has 5 N–H and O–H groups in total. The Bertz CT molecular complexity index is 603. The van der Waals surface area contributed by atoms with E-state index in [9.17, 15) is 4.79 Å². The molecule has 1 aliphatic carbocycles. The Morgan fingerprint density at radius 2 is 2.29 bits per heavy atom. The van der Waals surface area contributed by atoms with Crippen molar-refractivity contribution in [1.29, 1.82) is 0 Å². The normalized spacial score (nSPS) is 16.9. The lowest BCUT2D eigenvalue weighted by molar-refractivity contribution is -0.138. The molecule has 0 atom stereocenters. The first-order chi connectivity index (χ1) is 8.11. The molecule has 0 spiro atoms. The summed E-state index contributed by atoms with van der Waals surface area (Å²) < 4.78 is 0. The first kappa shape index (κ1) is 9.82. The summed E-state index contributed by atoms with van der Waals surface area (Å²) >= 11 is 0. The summed E-state index contributed by atoms with van der Waals surface area (Å²) in [5.74, 6) is -0.461. The van der Waals surface area contributed by atoms with E-state index in [0.717, 1.165) is 0 Å². The number of hydrogen-bond acceptors (Lipinski definition) is 6. The van der Waals surface area contributed by atoms with E-state index in [1.54, 1.807) is 0 Å². The predicted molar refractivity (Wildman–Crippen MR) is 59.3 cm³/mol. The van der Waals surface area contributed by atoms with Gasteiger partial charge in [0.2, 0.25) is 5.95 Å². The van der Waals surface area contributed by atoms with E-state index < -0.39 is 11.5 Å². The number of nitrogens with zero attached hydrogens (tertiary/aromatic N) is 3. The van der Waals surface area contributed by atoms with E-state index in [4.69, 9.17) is 10.8 Å². The molecule has 3 rings (SSSR count). The van der Waals surface area contributed by atoms with E-state index in [2.05, 4.69) is 25.3 Å². The van der Waals surface area contributed by atoms with Crippen LogP contribution in [-0.2, 0) is 4.79 Å². The lowest BCUT2D eigenvalue weighted by Gasteiger charge is -2.13. The lowest BCUT2D eigenvalue weighted by atomic mass is 10.2. The molecule has 1 saturated carbocycles. The smallest absolute Gasteiger partial charge is 0.329 e. The van der Waals surface area contributed by atoms with Gasteiger partial charge in [0.05, 0.1) is 6.33 Å². The number of carboxylic acid groups (broad SMARTS) is 1. The van der Waals surface area contributed by atoms with E-state index in [1.807, 2.05) is 0 Å². The van der Waals surface area contributed by atoms with Crippen molar-refractivity contribution in [3.8, 4) is 0 Å². The Kier molecular flexibility index (Phi) is 1.77. The number of hydrogen-bond donors (Lipinski definition) is 4. The molecule has 8 heteroatoms. The summed E-state index contributed by atoms with van der Waals surface area (Å²) in [6.07, 6.45) is 2.60. The molecule has 88 valence electrons. The predicted octanol–water partition coefficient (Wildman–Crippen LogP) is -0.0358. The maximum absolute atomic E-state index is 11.1. The molecule has 0 radical (unpaired) electrons. The molecule has 0 bridgehead atoms. The number of carboxylic acids is 1. The molecular formula is C9H10N6O2. The molecule has 1 fully saturated rings. The number of aromatic nitrogens is 4. The van der Waals surface area contributed by atoms with Gasteiger partial charge in [-0.15, -0.1) is 0 Å². The van der Waals surface area contributed by atoms with Crippen LogP contribution in [0.3, 0.4) is 0 Å². The number of imidazole rings is 1. The second-order valence-corrected chi connectivity index (χ2v) is 4.04. The zero-order valence-electron chi connectivity index (χ0n) is 8.77. The van der Waals surface area contributed by atoms with Crippen LogP contribution in [0.25, 0.3) is 11.2 Å². The van der Waals surface area contributed by atoms with Crippen molar-refractivity contribution in [3.63, 3.8) is 0 Å². The molecule has 0 unspecified atom stereocenters. The van der Waals surface area contributed by atoms with Gasteiger partial charge in [0.1, 0.15) is 11.1 Å². The molecule has 2 aromatic heterocycles. The van der Waals surface area contributed by atoms with Crippen LogP contribution in [0.2, 0.25) is 0 Å². The SMILES string of the molecule is Nc1nc(NC2(C(=O)O)CC2)c2nc[nH]c2n1. The average Bonchev–Trinajstić information content (AvgIpc) is 2.88. The summed E-state index contributed by atoms with van der Waals surface area (Å²) in [5, 5.41) is 12.0. The minimum Gasteiger partial charge on any atom is -0.480 e. The standard InChI is InChI=1S/C9H10N6O2/c10-8-13-5-4(11-3-12-5)6(14-8)15-9(1-2-9)7(16)17/h3H,1-2H2,(H,16,17)(H4,10,11,12,13,14,15). The molecule has 2 aromatic rings. The van der Waals surface area contributed by atoms with Crippen LogP contribution in [0.15, 0.2) is 6.33 Å². The number of aliphatic carboxylic acids is 1. The third-order valence-electron chi connectivity index (χ3n) is 2.81. The van der Waals surface area contributed by atoms with E-state index in [-0.39, 0.29) is 5.95 Å². The monoisotopic (exact) mass is 234 g/mol. The lowest BCUT2D eigenvalue weighted by Crippen LogP contribution is -2.32. The van der Waals surface area contributed by atoms with Gasteiger partial charge in [-0.1, -0.05) is 0 Å². The fourth-order valence-corrected chi connectivity index (χ4v) is 1.68. The van der Waals surface area contributed by atoms with Crippen molar-refractivity contribution in [3.05, 3.63) is 6.33 Å². The second kappa shape index (κ2) is 3.06. The van der Waals surface area contributed by atoms with Gasteiger partial charge >= 0.3 is 5.97 Å². The van der Waals surface area contributed by atoms with E-state index in [1.165, 1.54) is 6.33 Å². The highest BCUT2D eigenvalue weighted by molar-refractivity contribution is 5.91. The highest BCUT2D eigenvalue weighted by atomic mass is 16.4. The average molecular weight is 234 g/mol. The number of aromatic amines is 1. The maximum atomic E-state index is 11.1. The number of carbonyl (C=O) groups is 1. The summed E-state index contributed by atoms with van der Waals surface area (Å²) in [5.41, 5.74) is 5.60. The Labute approximate surface area is 95.3 Å². The highest BCUT2D eigenvalue weighted by Crippen LogP contribution is 2.39. The van der Waals surface area contributed by atoms with Crippen molar-refractivity contribution in [2.75, 3.05) is 11.1 Å². The highest BCUT2D eigenvalue weighted by Gasteiger charge is 2.51. The number of anilines is 2. The van der Waals surface area contributed by atoms with Gasteiger partial charge in [0, 0.05) is 0 Å². The van der Waals surface area contributed by atoms with Crippen LogP contribution in [0.1, 0.15) is 12.8 Å². The number of nitrogens with two attached hydrogens (primary N) is 1. The van der Waals surface area contributed by atoms with Crippen molar-refractivity contribution in [2.24, 2.45) is 0 Å². The first-order valence-electron chi connectivity index (χ1n) is 5.09. The van der Waals surface area contributed by atoms with Crippen LogP contribution in [0.4, 0.5) is 11.8 Å². The quantitative estimate of drug-likeness (QED) is 0.586. The topological polar surface area (TPSA) is 130 Å². The molecule has 0 aromatic carbocycles. The summed E-state index contributed by atoms with van der Waals surface area (Å²) in [6.45, 7) is 0. The van der Waals surface area contributed by atoms with E-state index >= 15 is 0 Å². The number of H-pyrrole nitrogens is 1. The minimum atomic E-state index is -0.924. The molecule has 0 aliphatic heterocycles. The molecular weight excluding hydrogens is 224 g/mol. The van der Waals surface area contributed by atoms with Crippen LogP contribution >= 0.6 is 0 Å². The second-order valence-electron chi connectivity index (χ2n) is 4.04. The summed E-state index contributed by atoms with van der Waals surface area (Å²) in [4.78, 5) is 25.9. The first-order valence-corrected chi connectivity index (χ1v) is 5.09. The molecule has 8 nitrogen and oxygen atoms in total. The zero-order valence-corrected chi connectivity index (χ0v) is 8.77. The largest absolute Gasteiger partial charge is 0.480 e. The van der Waals surface area contributed by atoms with Crippen LogP contribution in [0, 0.1) is 0 Å². The van der Waals surface area contributed by atoms with Crippen LogP contribution in [-0.4, -0.2) is 36.6 Å². The van der Waals surface area contributed by atoms with Crippen LogP contribution < -0.4 is 11.1 Å². The minimum absolute atomic E-state index is 0.0745. The van der Waals surface area contributed by atoms with Gasteiger partial charge in [0.15, 0.2) is 11.5 Å². The van der Waals surface area contributed by atoms with Crippen LogP contribution in [0.5, 0.6) is 0 Å². The fourth-order valence-electron chi connectivity index (χ4n) is 1.68. The van der Waals surface area contributed by atoms with Gasteiger partial charge in [0.25, 0.3) is 0 Å². The number of nitrogens with one attached hydrogen (secondary N) is 2. The Morgan fingerprint density at radius 1 is 1.53 bits per heavy atom. The Hall–Kier alpha value is -2.38. The molecule has 0 saturated heterocycles. The number of rotatable bonds is 3.